The van der Waals surface area contributed by atoms with Crippen LogP contribution in [-0.2, 0) is 16.1 Å². The van der Waals surface area contributed by atoms with Gasteiger partial charge in [-0.05, 0) is 49.1 Å². The van der Waals surface area contributed by atoms with Crippen molar-refractivity contribution in [3.8, 4) is 5.75 Å². The number of carbonyl (C=O) groups is 2. The summed E-state index contributed by atoms with van der Waals surface area (Å²) in [6.07, 6.45) is 8.93. The number of carbonyl (C=O) groups excluding carboxylic acids is 2. The topological polar surface area (TPSA) is 71.8 Å². The first-order chi connectivity index (χ1) is 15.6. The SMILES string of the molecule is CCCCOc1ccc(C(C(=O)NC2CCCCC2)N(Cc2ccco2)C(=O)CCl)cc1. The van der Waals surface area contributed by atoms with Crippen LogP contribution in [0.3, 0.4) is 0 Å². The van der Waals surface area contributed by atoms with Crippen molar-refractivity contribution in [1.82, 2.24) is 10.2 Å². The summed E-state index contributed by atoms with van der Waals surface area (Å²) < 4.78 is 11.2. The van der Waals surface area contributed by atoms with Gasteiger partial charge in [-0.2, -0.15) is 0 Å². The van der Waals surface area contributed by atoms with Gasteiger partial charge in [0, 0.05) is 6.04 Å². The highest BCUT2D eigenvalue weighted by atomic mass is 35.5. The number of hydrogen-bond acceptors (Lipinski definition) is 4. The Morgan fingerprint density at radius 3 is 2.56 bits per heavy atom. The van der Waals surface area contributed by atoms with E-state index in [0.717, 1.165) is 44.3 Å². The third kappa shape index (κ3) is 6.76. The molecule has 7 heteroatoms. The van der Waals surface area contributed by atoms with Crippen molar-refractivity contribution in [3.63, 3.8) is 0 Å². The molecule has 1 aromatic carbocycles. The molecular formula is C25H33ClN2O4. The minimum atomic E-state index is -0.807. The molecule has 174 valence electrons. The fourth-order valence-corrected chi connectivity index (χ4v) is 4.20. The molecule has 0 bridgehead atoms. The van der Waals surface area contributed by atoms with E-state index >= 15 is 0 Å². The molecular weight excluding hydrogens is 428 g/mol. The maximum Gasteiger partial charge on any atom is 0.247 e. The second kappa shape index (κ2) is 12.5. The Kier molecular flexibility index (Phi) is 9.47. The molecule has 3 rings (SSSR count). The molecule has 1 unspecified atom stereocenters. The van der Waals surface area contributed by atoms with Crippen LogP contribution in [0.25, 0.3) is 0 Å². The van der Waals surface area contributed by atoms with Crippen molar-refractivity contribution in [2.75, 3.05) is 12.5 Å². The molecule has 0 saturated heterocycles. The summed E-state index contributed by atoms with van der Waals surface area (Å²) in [5, 5.41) is 3.18. The summed E-state index contributed by atoms with van der Waals surface area (Å²) in [4.78, 5) is 27.8. The number of furan rings is 1. The van der Waals surface area contributed by atoms with Crippen LogP contribution in [0.4, 0.5) is 0 Å². The largest absolute Gasteiger partial charge is 0.494 e. The van der Waals surface area contributed by atoms with Crippen molar-refractivity contribution in [1.29, 1.82) is 0 Å². The summed E-state index contributed by atoms with van der Waals surface area (Å²) >= 11 is 5.94. The average molecular weight is 461 g/mol. The van der Waals surface area contributed by atoms with E-state index in [1.165, 1.54) is 11.3 Å². The lowest BCUT2D eigenvalue weighted by Crippen LogP contribution is -2.47. The van der Waals surface area contributed by atoms with E-state index in [9.17, 15) is 9.59 Å². The maximum atomic E-state index is 13.5. The van der Waals surface area contributed by atoms with Crippen LogP contribution in [0.15, 0.2) is 47.1 Å². The van der Waals surface area contributed by atoms with E-state index in [1.807, 2.05) is 24.3 Å². The number of unbranched alkanes of at least 4 members (excludes halogenated alkanes) is 1. The van der Waals surface area contributed by atoms with Gasteiger partial charge in [0.2, 0.25) is 11.8 Å². The third-order valence-electron chi connectivity index (χ3n) is 5.81. The smallest absolute Gasteiger partial charge is 0.247 e. The molecule has 2 aromatic rings. The zero-order chi connectivity index (χ0) is 22.8. The van der Waals surface area contributed by atoms with Crippen LogP contribution in [0.5, 0.6) is 5.75 Å². The highest BCUT2D eigenvalue weighted by Crippen LogP contribution is 2.27. The van der Waals surface area contributed by atoms with Gasteiger partial charge >= 0.3 is 0 Å². The van der Waals surface area contributed by atoms with Gasteiger partial charge in [0.1, 0.15) is 23.4 Å². The fraction of sp³-hybridized carbons (Fsp3) is 0.520. The van der Waals surface area contributed by atoms with E-state index in [-0.39, 0.29) is 30.3 Å². The second-order valence-electron chi connectivity index (χ2n) is 8.25. The molecule has 2 amide bonds. The fourth-order valence-electron chi connectivity index (χ4n) is 4.05. The zero-order valence-corrected chi connectivity index (χ0v) is 19.5. The second-order valence-corrected chi connectivity index (χ2v) is 8.52. The van der Waals surface area contributed by atoms with E-state index in [4.69, 9.17) is 20.8 Å². The maximum absolute atomic E-state index is 13.5. The van der Waals surface area contributed by atoms with E-state index in [2.05, 4.69) is 12.2 Å². The predicted molar refractivity (Wildman–Crippen MR) is 125 cm³/mol. The van der Waals surface area contributed by atoms with Crippen LogP contribution in [0.2, 0.25) is 0 Å². The molecule has 1 heterocycles. The first-order valence-corrected chi connectivity index (χ1v) is 12.1. The van der Waals surface area contributed by atoms with E-state index in [1.54, 1.807) is 18.4 Å². The zero-order valence-electron chi connectivity index (χ0n) is 18.7. The highest BCUT2D eigenvalue weighted by Gasteiger charge is 2.33. The van der Waals surface area contributed by atoms with Gasteiger partial charge in [0.15, 0.2) is 0 Å². The molecule has 1 atom stereocenters. The van der Waals surface area contributed by atoms with Gasteiger partial charge in [0.25, 0.3) is 0 Å². The quantitative estimate of drug-likeness (QED) is 0.368. The van der Waals surface area contributed by atoms with Gasteiger partial charge in [-0.3, -0.25) is 9.59 Å². The minimum Gasteiger partial charge on any atom is -0.494 e. The molecule has 1 saturated carbocycles. The predicted octanol–water partition coefficient (Wildman–Crippen LogP) is 5.22. The third-order valence-corrected chi connectivity index (χ3v) is 6.04. The summed E-state index contributed by atoms with van der Waals surface area (Å²) in [6.45, 7) is 2.93. The van der Waals surface area contributed by atoms with Crippen LogP contribution in [-0.4, -0.2) is 35.2 Å². The number of nitrogens with zero attached hydrogens (tertiary/aromatic N) is 1. The molecule has 0 radical (unpaired) electrons. The lowest BCUT2D eigenvalue weighted by molar-refractivity contribution is -0.140. The van der Waals surface area contributed by atoms with Crippen LogP contribution in [0.1, 0.15) is 69.2 Å². The van der Waals surface area contributed by atoms with Gasteiger partial charge in [-0.1, -0.05) is 44.7 Å². The Morgan fingerprint density at radius 1 is 1.19 bits per heavy atom. The summed E-state index contributed by atoms with van der Waals surface area (Å²) in [5.41, 5.74) is 0.714. The Hall–Kier alpha value is -2.47. The molecule has 1 fully saturated rings. The van der Waals surface area contributed by atoms with Gasteiger partial charge in [-0.15, -0.1) is 11.6 Å². The number of hydrogen-bond donors (Lipinski definition) is 1. The van der Waals surface area contributed by atoms with Crippen molar-refractivity contribution in [2.45, 2.75) is 70.5 Å². The molecule has 0 spiro atoms. The summed E-state index contributed by atoms with van der Waals surface area (Å²) in [5.74, 6) is 0.608. The van der Waals surface area contributed by atoms with Crippen LogP contribution < -0.4 is 10.1 Å². The first kappa shape index (κ1) is 24.2. The number of ether oxygens (including phenoxy) is 1. The number of alkyl halides is 1. The lowest BCUT2D eigenvalue weighted by Gasteiger charge is -2.32. The Labute approximate surface area is 195 Å². The van der Waals surface area contributed by atoms with Crippen molar-refractivity contribution >= 4 is 23.4 Å². The molecule has 32 heavy (non-hydrogen) atoms. The number of halogens is 1. The summed E-state index contributed by atoms with van der Waals surface area (Å²) in [6, 6.07) is 10.3. The average Bonchev–Trinajstić information content (AvgIpc) is 3.33. The van der Waals surface area contributed by atoms with Crippen LogP contribution >= 0.6 is 11.6 Å². The van der Waals surface area contributed by atoms with E-state index in [0.29, 0.717) is 17.9 Å². The molecule has 1 aromatic heterocycles. The Morgan fingerprint density at radius 2 is 1.94 bits per heavy atom. The van der Waals surface area contributed by atoms with Crippen LogP contribution in [0, 0.1) is 0 Å². The number of amides is 2. The molecule has 1 aliphatic carbocycles. The van der Waals surface area contributed by atoms with E-state index < -0.39 is 6.04 Å². The minimum absolute atomic E-state index is 0.131. The van der Waals surface area contributed by atoms with Gasteiger partial charge in [-0.25, -0.2) is 0 Å². The normalized spacial score (nSPS) is 15.2. The molecule has 1 N–H and O–H groups in total. The lowest BCUT2D eigenvalue weighted by atomic mass is 9.94. The Balaban J connectivity index is 1.86. The first-order valence-electron chi connectivity index (χ1n) is 11.5. The number of nitrogens with one attached hydrogen (secondary N) is 1. The van der Waals surface area contributed by atoms with Crippen molar-refractivity contribution in [2.24, 2.45) is 0 Å². The van der Waals surface area contributed by atoms with Crippen molar-refractivity contribution < 1.29 is 18.7 Å². The van der Waals surface area contributed by atoms with Gasteiger partial charge < -0.3 is 19.4 Å². The highest BCUT2D eigenvalue weighted by molar-refractivity contribution is 6.27. The van der Waals surface area contributed by atoms with Crippen molar-refractivity contribution in [3.05, 3.63) is 54.0 Å². The molecule has 0 aliphatic heterocycles. The standard InChI is InChI=1S/C25H33ClN2O4/c1-2-3-15-31-21-13-11-19(12-14-21)24(25(30)27-20-8-5-4-6-9-20)28(23(29)17-26)18-22-10-7-16-32-22/h7,10-14,16,20,24H,2-6,8-9,15,17-18H2,1H3,(H,27,30). The molecule has 1 aliphatic rings. The number of rotatable bonds is 11. The monoisotopic (exact) mass is 460 g/mol. The van der Waals surface area contributed by atoms with Gasteiger partial charge in [0.05, 0.1) is 19.4 Å². The summed E-state index contributed by atoms with van der Waals surface area (Å²) in [7, 11) is 0. The Bertz CT molecular complexity index is 832. The molecule has 6 nitrogen and oxygen atoms in total. The number of benzene rings is 1.